The van der Waals surface area contributed by atoms with Gasteiger partial charge in [0.05, 0.1) is 5.41 Å². The molecular formula is C16H20N2O3. The Morgan fingerprint density at radius 3 is 2.81 bits per heavy atom. The van der Waals surface area contributed by atoms with Gasteiger partial charge in [-0.3, -0.25) is 14.6 Å². The number of carbonyl (C=O) groups is 2. The number of rotatable bonds is 4. The highest BCUT2D eigenvalue weighted by Crippen LogP contribution is 2.48. The summed E-state index contributed by atoms with van der Waals surface area (Å²) in [5.74, 6) is -0.517. The standard InChI is InChI=1S/C16H20N2O3/c19-14(4-3-12-5-8-17-9-6-12)18-10-13-2-1-7-16(13,11-18)15(20)21/h5-6,8-9,13H,1-4,7,10-11H2,(H,20,21)/t13-,16+/m0/s1. The lowest BCUT2D eigenvalue weighted by atomic mass is 9.81. The molecule has 1 aliphatic heterocycles. The highest BCUT2D eigenvalue weighted by Gasteiger charge is 2.55. The number of carbonyl (C=O) groups excluding carboxylic acids is 1. The van der Waals surface area contributed by atoms with Crippen molar-refractivity contribution in [3.63, 3.8) is 0 Å². The predicted molar refractivity (Wildman–Crippen MR) is 76.5 cm³/mol. The zero-order valence-electron chi connectivity index (χ0n) is 12.0. The molecule has 2 heterocycles. The maximum atomic E-state index is 12.3. The molecule has 2 atom stereocenters. The van der Waals surface area contributed by atoms with Gasteiger partial charge in [-0.1, -0.05) is 6.42 Å². The molecule has 1 aromatic rings. The second-order valence-electron chi connectivity index (χ2n) is 6.18. The van der Waals surface area contributed by atoms with Gasteiger partial charge in [0.1, 0.15) is 0 Å². The highest BCUT2D eigenvalue weighted by molar-refractivity contribution is 5.81. The third kappa shape index (κ3) is 2.52. The maximum Gasteiger partial charge on any atom is 0.311 e. The van der Waals surface area contributed by atoms with Crippen LogP contribution in [0.15, 0.2) is 24.5 Å². The number of amides is 1. The number of likely N-dealkylation sites (tertiary alicyclic amines) is 1. The number of hydrogen-bond acceptors (Lipinski definition) is 3. The van der Waals surface area contributed by atoms with Crippen LogP contribution in [0.3, 0.4) is 0 Å². The van der Waals surface area contributed by atoms with Gasteiger partial charge in [0.2, 0.25) is 5.91 Å². The SMILES string of the molecule is O=C(CCc1ccncc1)N1C[C@@H]2CCC[C@@]2(C(=O)O)C1. The lowest BCUT2D eigenvalue weighted by molar-refractivity contribution is -0.149. The van der Waals surface area contributed by atoms with Gasteiger partial charge >= 0.3 is 5.97 Å². The smallest absolute Gasteiger partial charge is 0.311 e. The van der Waals surface area contributed by atoms with Gasteiger partial charge in [-0.2, -0.15) is 0 Å². The number of carboxylic acids is 1. The molecule has 112 valence electrons. The van der Waals surface area contributed by atoms with Gasteiger partial charge in [0.15, 0.2) is 0 Å². The first-order valence-corrected chi connectivity index (χ1v) is 7.52. The van der Waals surface area contributed by atoms with E-state index in [1.54, 1.807) is 17.3 Å². The minimum Gasteiger partial charge on any atom is -0.481 e. The summed E-state index contributed by atoms with van der Waals surface area (Å²) in [6.45, 7) is 1.00. The fourth-order valence-corrected chi connectivity index (χ4v) is 3.79. The molecule has 0 unspecified atom stereocenters. The number of fused-ring (bicyclic) bond motifs is 1. The van der Waals surface area contributed by atoms with E-state index in [1.165, 1.54) is 0 Å². The van der Waals surface area contributed by atoms with Crippen molar-refractivity contribution in [3.05, 3.63) is 30.1 Å². The van der Waals surface area contributed by atoms with E-state index < -0.39 is 11.4 Å². The molecule has 0 bridgehead atoms. The first-order chi connectivity index (χ1) is 10.1. The molecule has 1 aliphatic carbocycles. The van der Waals surface area contributed by atoms with Crippen molar-refractivity contribution in [1.29, 1.82) is 0 Å². The third-order valence-corrected chi connectivity index (χ3v) is 5.03. The van der Waals surface area contributed by atoms with Crippen molar-refractivity contribution < 1.29 is 14.7 Å². The van der Waals surface area contributed by atoms with Crippen molar-refractivity contribution in [2.45, 2.75) is 32.1 Å². The molecule has 3 rings (SSSR count). The number of aromatic nitrogens is 1. The monoisotopic (exact) mass is 288 g/mol. The summed E-state index contributed by atoms with van der Waals surface area (Å²) in [7, 11) is 0. The molecule has 5 heteroatoms. The summed E-state index contributed by atoms with van der Waals surface area (Å²) >= 11 is 0. The largest absolute Gasteiger partial charge is 0.481 e. The first-order valence-electron chi connectivity index (χ1n) is 7.52. The Hall–Kier alpha value is -1.91. The van der Waals surface area contributed by atoms with Crippen molar-refractivity contribution in [1.82, 2.24) is 9.88 Å². The number of aliphatic carboxylic acids is 1. The van der Waals surface area contributed by atoms with Gasteiger partial charge < -0.3 is 10.0 Å². The molecule has 0 radical (unpaired) electrons. The number of nitrogens with zero attached hydrogens (tertiary/aromatic N) is 2. The van der Waals surface area contributed by atoms with E-state index in [-0.39, 0.29) is 11.8 Å². The summed E-state index contributed by atoms with van der Waals surface area (Å²) in [4.78, 5) is 29.7. The molecular weight excluding hydrogens is 268 g/mol. The van der Waals surface area contributed by atoms with Crippen LogP contribution in [-0.2, 0) is 16.0 Å². The second kappa shape index (κ2) is 5.47. The quantitative estimate of drug-likeness (QED) is 0.916. The van der Waals surface area contributed by atoms with E-state index in [2.05, 4.69) is 4.98 Å². The molecule has 1 saturated heterocycles. The Kier molecular flexibility index (Phi) is 3.66. The van der Waals surface area contributed by atoms with Crippen molar-refractivity contribution in [2.24, 2.45) is 11.3 Å². The summed E-state index contributed by atoms with van der Waals surface area (Å²) in [6, 6.07) is 3.81. The lowest BCUT2D eigenvalue weighted by Crippen LogP contribution is -2.37. The first kappa shape index (κ1) is 14.0. The van der Waals surface area contributed by atoms with E-state index >= 15 is 0 Å². The Morgan fingerprint density at radius 2 is 2.14 bits per heavy atom. The average molecular weight is 288 g/mol. The molecule has 0 spiro atoms. The van der Waals surface area contributed by atoms with Gasteiger partial charge in [0, 0.05) is 31.9 Å². The van der Waals surface area contributed by atoms with Gasteiger partial charge in [-0.25, -0.2) is 0 Å². The molecule has 1 N–H and O–H groups in total. The van der Waals surface area contributed by atoms with Crippen LogP contribution in [0, 0.1) is 11.3 Å². The summed E-state index contributed by atoms with van der Waals surface area (Å²) < 4.78 is 0. The Morgan fingerprint density at radius 1 is 1.38 bits per heavy atom. The molecule has 5 nitrogen and oxygen atoms in total. The summed E-state index contributed by atoms with van der Waals surface area (Å²) in [6.07, 6.45) is 7.17. The van der Waals surface area contributed by atoms with Crippen LogP contribution in [0.2, 0.25) is 0 Å². The molecule has 0 aromatic carbocycles. The minimum absolute atomic E-state index is 0.0711. The maximum absolute atomic E-state index is 12.3. The molecule has 2 fully saturated rings. The topological polar surface area (TPSA) is 70.5 Å². The van der Waals surface area contributed by atoms with E-state index in [0.717, 1.165) is 18.4 Å². The van der Waals surface area contributed by atoms with Crippen LogP contribution >= 0.6 is 0 Å². The van der Waals surface area contributed by atoms with E-state index in [0.29, 0.717) is 32.4 Å². The van der Waals surface area contributed by atoms with Crippen LogP contribution in [0.4, 0.5) is 0 Å². The number of carboxylic acid groups (broad SMARTS) is 1. The Balaban J connectivity index is 1.61. The van der Waals surface area contributed by atoms with Crippen LogP contribution in [0.25, 0.3) is 0 Å². The third-order valence-electron chi connectivity index (χ3n) is 5.03. The highest BCUT2D eigenvalue weighted by atomic mass is 16.4. The van der Waals surface area contributed by atoms with Crippen molar-refractivity contribution in [3.8, 4) is 0 Å². The number of aryl methyl sites for hydroxylation is 1. The number of pyridine rings is 1. The molecule has 21 heavy (non-hydrogen) atoms. The van der Waals surface area contributed by atoms with Crippen LogP contribution < -0.4 is 0 Å². The molecule has 1 saturated carbocycles. The molecule has 1 aromatic heterocycles. The van der Waals surface area contributed by atoms with Crippen molar-refractivity contribution >= 4 is 11.9 Å². The minimum atomic E-state index is -0.727. The zero-order chi connectivity index (χ0) is 14.9. The van der Waals surface area contributed by atoms with Crippen LogP contribution in [0.5, 0.6) is 0 Å². The average Bonchev–Trinajstić information content (AvgIpc) is 3.03. The second-order valence-corrected chi connectivity index (χ2v) is 6.18. The summed E-state index contributed by atoms with van der Waals surface area (Å²) in [5, 5.41) is 9.54. The normalized spacial score (nSPS) is 27.6. The van der Waals surface area contributed by atoms with Crippen LogP contribution in [-0.4, -0.2) is 40.0 Å². The number of hydrogen-bond donors (Lipinski definition) is 1. The van der Waals surface area contributed by atoms with Gasteiger partial charge in [-0.05, 0) is 42.9 Å². The fourth-order valence-electron chi connectivity index (χ4n) is 3.79. The zero-order valence-corrected chi connectivity index (χ0v) is 12.0. The molecule has 2 aliphatic rings. The van der Waals surface area contributed by atoms with E-state index in [4.69, 9.17) is 0 Å². The summed E-state index contributed by atoms with van der Waals surface area (Å²) in [5.41, 5.74) is 0.414. The molecule has 1 amide bonds. The van der Waals surface area contributed by atoms with Crippen LogP contribution in [0.1, 0.15) is 31.2 Å². The van der Waals surface area contributed by atoms with Crippen molar-refractivity contribution in [2.75, 3.05) is 13.1 Å². The Bertz CT molecular complexity index is 546. The lowest BCUT2D eigenvalue weighted by Gasteiger charge is -2.23. The van der Waals surface area contributed by atoms with E-state index in [9.17, 15) is 14.7 Å². The fraction of sp³-hybridized carbons (Fsp3) is 0.562. The predicted octanol–water partition coefficient (Wildman–Crippen LogP) is 1.73. The van der Waals surface area contributed by atoms with Gasteiger partial charge in [-0.15, -0.1) is 0 Å². The van der Waals surface area contributed by atoms with Gasteiger partial charge in [0.25, 0.3) is 0 Å². The Labute approximate surface area is 124 Å². The van der Waals surface area contributed by atoms with E-state index in [1.807, 2.05) is 12.1 Å².